The first-order chi connectivity index (χ1) is 10.1. The highest BCUT2D eigenvalue weighted by atomic mass is 32.2. The molecule has 0 radical (unpaired) electrons. The molecule has 0 aliphatic carbocycles. The standard InChI is InChI=1S/C12H15N3O4S2/c16-21(17,15-3-5-18-6-4-15)13-8-10-9-19-12(14-10)11-2-1-7-20-11/h1-2,7,9,13H,3-6,8H2. The molecule has 21 heavy (non-hydrogen) atoms. The quantitative estimate of drug-likeness (QED) is 0.887. The predicted octanol–water partition coefficient (Wildman–Crippen LogP) is 1.07. The molecule has 114 valence electrons. The average Bonchev–Trinajstić information content (AvgIpc) is 3.17. The van der Waals surface area contributed by atoms with Gasteiger partial charge in [-0.2, -0.15) is 17.4 Å². The van der Waals surface area contributed by atoms with E-state index in [1.165, 1.54) is 21.9 Å². The van der Waals surface area contributed by atoms with Crippen LogP contribution in [0.3, 0.4) is 0 Å². The molecule has 0 saturated carbocycles. The van der Waals surface area contributed by atoms with Crippen molar-refractivity contribution >= 4 is 21.5 Å². The molecule has 0 bridgehead atoms. The summed E-state index contributed by atoms with van der Waals surface area (Å²) >= 11 is 1.52. The van der Waals surface area contributed by atoms with Gasteiger partial charge in [0.05, 0.1) is 30.3 Å². The zero-order valence-corrected chi connectivity index (χ0v) is 12.8. The molecule has 3 heterocycles. The third-order valence-electron chi connectivity index (χ3n) is 3.03. The van der Waals surface area contributed by atoms with Gasteiger partial charge < -0.3 is 9.15 Å². The van der Waals surface area contributed by atoms with E-state index in [9.17, 15) is 8.42 Å². The second-order valence-electron chi connectivity index (χ2n) is 4.46. The summed E-state index contributed by atoms with van der Waals surface area (Å²) in [6, 6.07) is 3.81. The second-order valence-corrected chi connectivity index (χ2v) is 7.16. The van der Waals surface area contributed by atoms with Crippen LogP contribution in [0.1, 0.15) is 5.69 Å². The number of nitrogens with one attached hydrogen (secondary N) is 1. The Morgan fingerprint density at radius 3 is 2.90 bits per heavy atom. The van der Waals surface area contributed by atoms with Crippen LogP contribution >= 0.6 is 11.3 Å². The summed E-state index contributed by atoms with van der Waals surface area (Å²) in [6.07, 6.45) is 1.47. The number of thiophene rings is 1. The molecule has 7 nitrogen and oxygen atoms in total. The summed E-state index contributed by atoms with van der Waals surface area (Å²) in [5.41, 5.74) is 0.551. The lowest BCUT2D eigenvalue weighted by atomic mass is 10.4. The molecule has 1 aliphatic heterocycles. The molecule has 1 saturated heterocycles. The first-order valence-electron chi connectivity index (χ1n) is 6.46. The third-order valence-corrected chi connectivity index (χ3v) is 5.44. The molecule has 0 spiro atoms. The Balaban J connectivity index is 1.62. The van der Waals surface area contributed by atoms with Gasteiger partial charge in [0.2, 0.25) is 5.89 Å². The SMILES string of the molecule is O=S(=O)(NCc1coc(-c2cccs2)n1)N1CCOCC1. The van der Waals surface area contributed by atoms with Gasteiger partial charge in [0.15, 0.2) is 0 Å². The van der Waals surface area contributed by atoms with Crippen molar-refractivity contribution in [3.63, 3.8) is 0 Å². The van der Waals surface area contributed by atoms with E-state index < -0.39 is 10.2 Å². The molecule has 0 unspecified atom stereocenters. The van der Waals surface area contributed by atoms with Crippen LogP contribution in [-0.4, -0.2) is 44.0 Å². The smallest absolute Gasteiger partial charge is 0.279 e. The fourth-order valence-electron chi connectivity index (χ4n) is 1.94. The average molecular weight is 329 g/mol. The zero-order chi connectivity index (χ0) is 14.7. The fourth-order valence-corrected chi connectivity index (χ4v) is 3.74. The molecule has 2 aromatic heterocycles. The van der Waals surface area contributed by atoms with Crippen LogP contribution in [-0.2, 0) is 21.5 Å². The maximum absolute atomic E-state index is 12.1. The summed E-state index contributed by atoms with van der Waals surface area (Å²) < 4.78 is 38.6. The van der Waals surface area contributed by atoms with Gasteiger partial charge in [0.1, 0.15) is 6.26 Å². The van der Waals surface area contributed by atoms with Gasteiger partial charge in [-0.25, -0.2) is 4.98 Å². The van der Waals surface area contributed by atoms with Gasteiger partial charge in [-0.15, -0.1) is 11.3 Å². The van der Waals surface area contributed by atoms with Crippen molar-refractivity contribution in [2.75, 3.05) is 26.3 Å². The van der Waals surface area contributed by atoms with E-state index in [1.54, 1.807) is 0 Å². The van der Waals surface area contributed by atoms with Crippen LogP contribution in [0.5, 0.6) is 0 Å². The zero-order valence-electron chi connectivity index (χ0n) is 11.2. The number of ether oxygens (including phenoxy) is 1. The number of aromatic nitrogens is 1. The Bertz CT molecular complexity index is 675. The van der Waals surface area contributed by atoms with Crippen LogP contribution in [0.25, 0.3) is 10.8 Å². The summed E-state index contributed by atoms with van der Waals surface area (Å²) in [6.45, 7) is 1.69. The summed E-state index contributed by atoms with van der Waals surface area (Å²) in [5, 5.41) is 1.93. The number of oxazole rings is 1. The van der Waals surface area contributed by atoms with Crippen molar-refractivity contribution in [1.29, 1.82) is 0 Å². The van der Waals surface area contributed by atoms with Crippen molar-refractivity contribution in [2.45, 2.75) is 6.54 Å². The first kappa shape index (κ1) is 14.7. The third kappa shape index (κ3) is 3.50. The van der Waals surface area contributed by atoms with E-state index in [4.69, 9.17) is 9.15 Å². The van der Waals surface area contributed by atoms with Gasteiger partial charge in [0.25, 0.3) is 10.2 Å². The number of hydrogen-bond donors (Lipinski definition) is 1. The molecule has 1 N–H and O–H groups in total. The maximum Gasteiger partial charge on any atom is 0.279 e. The lowest BCUT2D eigenvalue weighted by molar-refractivity contribution is 0.0724. The Morgan fingerprint density at radius 1 is 1.38 bits per heavy atom. The minimum Gasteiger partial charge on any atom is -0.444 e. The van der Waals surface area contributed by atoms with Crippen molar-refractivity contribution in [3.05, 3.63) is 29.5 Å². The second kappa shape index (κ2) is 6.24. The van der Waals surface area contributed by atoms with Crippen LogP contribution in [0, 0.1) is 0 Å². The van der Waals surface area contributed by atoms with Gasteiger partial charge in [-0.3, -0.25) is 0 Å². The van der Waals surface area contributed by atoms with Crippen molar-refractivity contribution < 1.29 is 17.6 Å². The number of rotatable bonds is 5. The molecule has 0 amide bonds. The van der Waals surface area contributed by atoms with Crippen LogP contribution < -0.4 is 4.72 Å². The van der Waals surface area contributed by atoms with E-state index in [0.717, 1.165) is 4.88 Å². The van der Waals surface area contributed by atoms with Crippen LogP contribution in [0.15, 0.2) is 28.2 Å². The summed E-state index contributed by atoms with van der Waals surface area (Å²) in [5.74, 6) is 0.505. The first-order valence-corrected chi connectivity index (χ1v) is 8.78. The van der Waals surface area contributed by atoms with E-state index in [2.05, 4.69) is 9.71 Å². The monoisotopic (exact) mass is 329 g/mol. The summed E-state index contributed by atoms with van der Waals surface area (Å²) in [7, 11) is -3.50. The van der Waals surface area contributed by atoms with Gasteiger partial charge >= 0.3 is 0 Å². The Hall–Kier alpha value is -1.26. The maximum atomic E-state index is 12.1. The molecule has 9 heteroatoms. The topological polar surface area (TPSA) is 84.7 Å². The molecular weight excluding hydrogens is 314 g/mol. The normalized spacial score (nSPS) is 17.1. The van der Waals surface area contributed by atoms with E-state index >= 15 is 0 Å². The lowest BCUT2D eigenvalue weighted by Crippen LogP contribution is -2.46. The molecule has 2 aromatic rings. The highest BCUT2D eigenvalue weighted by molar-refractivity contribution is 7.87. The largest absolute Gasteiger partial charge is 0.444 e. The van der Waals surface area contributed by atoms with E-state index in [0.29, 0.717) is 37.9 Å². The highest BCUT2D eigenvalue weighted by Crippen LogP contribution is 2.23. The number of nitrogens with zero attached hydrogens (tertiary/aromatic N) is 2. The molecule has 1 aliphatic rings. The number of hydrogen-bond acceptors (Lipinski definition) is 6. The van der Waals surface area contributed by atoms with Gasteiger partial charge in [-0.05, 0) is 11.4 Å². The van der Waals surface area contributed by atoms with Gasteiger partial charge in [0, 0.05) is 13.1 Å². The highest BCUT2D eigenvalue weighted by Gasteiger charge is 2.24. The van der Waals surface area contributed by atoms with Crippen LogP contribution in [0.2, 0.25) is 0 Å². The van der Waals surface area contributed by atoms with Crippen molar-refractivity contribution in [1.82, 2.24) is 14.0 Å². The van der Waals surface area contributed by atoms with Crippen molar-refractivity contribution in [3.8, 4) is 10.8 Å². The fraction of sp³-hybridized carbons (Fsp3) is 0.417. The van der Waals surface area contributed by atoms with Crippen LogP contribution in [0.4, 0.5) is 0 Å². The van der Waals surface area contributed by atoms with E-state index in [-0.39, 0.29) is 6.54 Å². The molecule has 3 rings (SSSR count). The van der Waals surface area contributed by atoms with Crippen molar-refractivity contribution in [2.24, 2.45) is 0 Å². The minimum absolute atomic E-state index is 0.106. The number of morpholine rings is 1. The predicted molar refractivity (Wildman–Crippen MR) is 78.0 cm³/mol. The summed E-state index contributed by atoms with van der Waals surface area (Å²) in [4.78, 5) is 5.19. The Morgan fingerprint density at radius 2 is 2.19 bits per heavy atom. The molecule has 1 fully saturated rings. The Labute approximate surface area is 126 Å². The van der Waals surface area contributed by atoms with Gasteiger partial charge in [-0.1, -0.05) is 6.07 Å². The molecule has 0 atom stereocenters. The minimum atomic E-state index is -3.50. The lowest BCUT2D eigenvalue weighted by Gasteiger charge is -2.25. The van der Waals surface area contributed by atoms with E-state index in [1.807, 2.05) is 17.5 Å². The molecular formula is C12H15N3O4S2. The molecule has 0 aromatic carbocycles. The Kier molecular flexibility index (Phi) is 4.36.